The van der Waals surface area contributed by atoms with Crippen LogP contribution >= 0.6 is 0 Å². The summed E-state index contributed by atoms with van der Waals surface area (Å²) in [5.74, 6) is 1.60. The van der Waals surface area contributed by atoms with Crippen molar-refractivity contribution in [1.82, 2.24) is 15.3 Å². The van der Waals surface area contributed by atoms with Crippen molar-refractivity contribution < 1.29 is 5.11 Å². The molecule has 1 aromatic rings. The zero-order valence-corrected chi connectivity index (χ0v) is 7.62. The highest BCUT2D eigenvalue weighted by Crippen LogP contribution is 2.38. The maximum Gasteiger partial charge on any atom is 0.156 e. The third-order valence-electron chi connectivity index (χ3n) is 2.15. The molecule has 0 unspecified atom stereocenters. The maximum atomic E-state index is 9.40. The molecule has 1 aliphatic rings. The van der Waals surface area contributed by atoms with Crippen molar-refractivity contribution in [3.05, 3.63) is 17.7 Å². The lowest BCUT2D eigenvalue weighted by Crippen LogP contribution is -2.09. The van der Waals surface area contributed by atoms with Crippen LogP contribution in [0, 0.1) is 0 Å². The number of aromatic nitrogens is 2. The quantitative estimate of drug-likeness (QED) is 0.720. The minimum absolute atomic E-state index is 0.179. The van der Waals surface area contributed by atoms with Gasteiger partial charge in [-0.1, -0.05) is 0 Å². The summed E-state index contributed by atoms with van der Waals surface area (Å²) in [6, 6.07) is 0. The molecule has 2 N–H and O–H groups in total. The van der Waals surface area contributed by atoms with E-state index in [4.69, 9.17) is 0 Å². The van der Waals surface area contributed by atoms with Crippen LogP contribution in [0.5, 0.6) is 5.75 Å². The smallest absolute Gasteiger partial charge is 0.156 e. The maximum absolute atomic E-state index is 9.40. The fourth-order valence-corrected chi connectivity index (χ4v) is 1.26. The fourth-order valence-electron chi connectivity index (χ4n) is 1.26. The second-order valence-corrected chi connectivity index (χ2v) is 3.36. The molecular weight excluding hydrogens is 166 g/mol. The molecule has 4 heteroatoms. The molecular formula is C9H13N3O. The van der Waals surface area contributed by atoms with Gasteiger partial charge < -0.3 is 10.4 Å². The summed E-state index contributed by atoms with van der Waals surface area (Å²) in [5, 5.41) is 12.4. The third-order valence-corrected chi connectivity index (χ3v) is 2.15. The molecule has 1 aromatic heterocycles. The zero-order chi connectivity index (χ0) is 9.26. The van der Waals surface area contributed by atoms with Crippen LogP contribution in [0.4, 0.5) is 0 Å². The zero-order valence-electron chi connectivity index (χ0n) is 7.62. The van der Waals surface area contributed by atoms with Crippen LogP contribution < -0.4 is 5.32 Å². The molecule has 0 bridgehead atoms. The highest BCUT2D eigenvalue weighted by atomic mass is 16.3. The Balaban J connectivity index is 2.25. The van der Waals surface area contributed by atoms with Gasteiger partial charge in [-0.05, 0) is 19.9 Å². The largest absolute Gasteiger partial charge is 0.504 e. The van der Waals surface area contributed by atoms with Crippen molar-refractivity contribution in [3.8, 4) is 5.75 Å². The van der Waals surface area contributed by atoms with Crippen molar-refractivity contribution in [2.24, 2.45) is 0 Å². The van der Waals surface area contributed by atoms with Gasteiger partial charge in [-0.3, -0.25) is 0 Å². The lowest BCUT2D eigenvalue weighted by Gasteiger charge is -2.04. The molecule has 70 valence electrons. The van der Waals surface area contributed by atoms with Crippen LogP contribution in [0.2, 0.25) is 0 Å². The first-order chi connectivity index (χ1) is 6.31. The van der Waals surface area contributed by atoms with Crippen molar-refractivity contribution in [2.45, 2.75) is 25.3 Å². The van der Waals surface area contributed by atoms with Crippen LogP contribution in [0.15, 0.2) is 6.20 Å². The molecule has 1 saturated carbocycles. The Labute approximate surface area is 77.0 Å². The standard InChI is InChI=1S/C9H13N3O/c1-10-4-7-8(13)5-11-9(12-7)6-2-3-6/h5-6,10,13H,2-4H2,1H3. The molecule has 1 fully saturated rings. The summed E-state index contributed by atoms with van der Waals surface area (Å²) in [4.78, 5) is 8.39. The number of aromatic hydroxyl groups is 1. The summed E-state index contributed by atoms with van der Waals surface area (Å²) in [6.07, 6.45) is 3.86. The highest BCUT2D eigenvalue weighted by Gasteiger charge is 2.26. The van der Waals surface area contributed by atoms with E-state index in [0.717, 1.165) is 5.82 Å². The highest BCUT2D eigenvalue weighted by molar-refractivity contribution is 5.24. The van der Waals surface area contributed by atoms with Crippen molar-refractivity contribution in [2.75, 3.05) is 7.05 Å². The summed E-state index contributed by atoms with van der Waals surface area (Å²) in [7, 11) is 1.83. The molecule has 2 rings (SSSR count). The number of rotatable bonds is 3. The molecule has 0 spiro atoms. The number of hydrogen-bond acceptors (Lipinski definition) is 4. The van der Waals surface area contributed by atoms with Gasteiger partial charge in [0.25, 0.3) is 0 Å². The van der Waals surface area contributed by atoms with E-state index in [1.165, 1.54) is 19.0 Å². The normalized spacial score (nSPS) is 16.1. The topological polar surface area (TPSA) is 58.0 Å². The molecule has 4 nitrogen and oxygen atoms in total. The fraction of sp³-hybridized carbons (Fsp3) is 0.556. The molecule has 1 aliphatic carbocycles. The van der Waals surface area contributed by atoms with E-state index in [1.807, 2.05) is 7.05 Å². The van der Waals surface area contributed by atoms with E-state index >= 15 is 0 Å². The molecule has 0 aliphatic heterocycles. The molecule has 13 heavy (non-hydrogen) atoms. The molecule has 0 atom stereocenters. The molecule has 0 radical (unpaired) electrons. The van der Waals surface area contributed by atoms with Gasteiger partial charge in [0.1, 0.15) is 5.82 Å². The van der Waals surface area contributed by atoms with E-state index in [-0.39, 0.29) is 5.75 Å². The van der Waals surface area contributed by atoms with Crippen LogP contribution in [-0.4, -0.2) is 22.1 Å². The molecule has 0 aromatic carbocycles. The van der Waals surface area contributed by atoms with Gasteiger partial charge in [-0.2, -0.15) is 0 Å². The number of nitrogens with zero attached hydrogens (tertiary/aromatic N) is 2. The first-order valence-corrected chi connectivity index (χ1v) is 4.50. The van der Waals surface area contributed by atoms with Gasteiger partial charge in [0.15, 0.2) is 5.75 Å². The van der Waals surface area contributed by atoms with Gasteiger partial charge in [-0.25, -0.2) is 9.97 Å². The average molecular weight is 179 g/mol. The first kappa shape index (κ1) is 8.44. The van der Waals surface area contributed by atoms with E-state index in [2.05, 4.69) is 15.3 Å². The minimum atomic E-state index is 0.179. The van der Waals surface area contributed by atoms with Crippen LogP contribution in [0.3, 0.4) is 0 Å². The summed E-state index contributed by atoms with van der Waals surface area (Å²) in [6.45, 7) is 0.591. The Morgan fingerprint density at radius 2 is 2.38 bits per heavy atom. The molecule has 0 saturated heterocycles. The van der Waals surface area contributed by atoms with E-state index in [9.17, 15) is 5.11 Å². The predicted molar refractivity (Wildman–Crippen MR) is 48.4 cm³/mol. The van der Waals surface area contributed by atoms with Gasteiger partial charge in [0.2, 0.25) is 0 Å². The summed E-state index contributed by atoms with van der Waals surface area (Å²) < 4.78 is 0. The average Bonchev–Trinajstić information content (AvgIpc) is 2.92. The Hall–Kier alpha value is -1.16. The molecule has 1 heterocycles. The summed E-state index contributed by atoms with van der Waals surface area (Å²) >= 11 is 0. The van der Waals surface area contributed by atoms with Crippen molar-refractivity contribution in [1.29, 1.82) is 0 Å². The van der Waals surface area contributed by atoms with E-state index in [0.29, 0.717) is 18.2 Å². The van der Waals surface area contributed by atoms with Gasteiger partial charge >= 0.3 is 0 Å². The minimum Gasteiger partial charge on any atom is -0.504 e. The first-order valence-electron chi connectivity index (χ1n) is 4.50. The van der Waals surface area contributed by atoms with E-state index < -0.39 is 0 Å². The predicted octanol–water partition coefficient (Wildman–Crippen LogP) is 0.779. The van der Waals surface area contributed by atoms with Gasteiger partial charge in [0.05, 0.1) is 11.9 Å². The number of hydrogen-bond donors (Lipinski definition) is 2. The Kier molecular flexibility index (Phi) is 2.14. The van der Waals surface area contributed by atoms with Crippen molar-refractivity contribution in [3.63, 3.8) is 0 Å². The monoisotopic (exact) mass is 179 g/mol. The molecule has 0 amide bonds. The van der Waals surface area contributed by atoms with Gasteiger partial charge in [0, 0.05) is 12.5 Å². The lowest BCUT2D eigenvalue weighted by atomic mass is 10.3. The second kappa shape index (κ2) is 3.30. The lowest BCUT2D eigenvalue weighted by molar-refractivity contribution is 0.456. The van der Waals surface area contributed by atoms with Crippen molar-refractivity contribution >= 4 is 0 Å². The summed E-state index contributed by atoms with van der Waals surface area (Å²) in [5.41, 5.74) is 0.694. The Bertz CT molecular complexity index is 310. The number of nitrogens with one attached hydrogen (secondary N) is 1. The van der Waals surface area contributed by atoms with Crippen LogP contribution in [0.1, 0.15) is 30.3 Å². The Morgan fingerprint density at radius 3 is 3.00 bits per heavy atom. The van der Waals surface area contributed by atoms with Gasteiger partial charge in [-0.15, -0.1) is 0 Å². The van der Waals surface area contributed by atoms with Crippen LogP contribution in [0.25, 0.3) is 0 Å². The van der Waals surface area contributed by atoms with E-state index in [1.54, 1.807) is 0 Å². The third kappa shape index (κ3) is 1.78. The second-order valence-electron chi connectivity index (χ2n) is 3.36. The Morgan fingerprint density at radius 1 is 1.62 bits per heavy atom. The SMILES string of the molecule is CNCc1nc(C2CC2)ncc1O. The van der Waals surface area contributed by atoms with Crippen LogP contribution in [-0.2, 0) is 6.54 Å².